The number of nitrogens with zero attached hydrogens (tertiary/aromatic N) is 2. The van der Waals surface area contributed by atoms with Crippen LogP contribution in [0.3, 0.4) is 0 Å². The van der Waals surface area contributed by atoms with E-state index in [1.807, 2.05) is 12.1 Å². The van der Waals surface area contributed by atoms with Gasteiger partial charge in [-0.05, 0) is 50.1 Å². The van der Waals surface area contributed by atoms with Gasteiger partial charge >= 0.3 is 0 Å². The summed E-state index contributed by atoms with van der Waals surface area (Å²) in [5.74, 6) is 0.907. The highest BCUT2D eigenvalue weighted by Crippen LogP contribution is 2.28. The Bertz CT molecular complexity index is 580. The molecule has 0 aliphatic carbocycles. The number of hydrogen-bond acceptors (Lipinski definition) is 4. The van der Waals surface area contributed by atoms with Crippen molar-refractivity contribution >= 4 is 55.1 Å². The molecule has 2 rings (SSSR count). The van der Waals surface area contributed by atoms with E-state index in [2.05, 4.69) is 47.1 Å². The highest BCUT2D eigenvalue weighted by atomic mass is 79.9. The van der Waals surface area contributed by atoms with Crippen LogP contribution in [0.5, 0.6) is 5.88 Å². The first-order valence-corrected chi connectivity index (χ1v) is 6.85. The molecule has 0 saturated heterocycles. The molecule has 0 aliphatic heterocycles. The molecule has 0 radical (unpaired) electrons. The van der Waals surface area contributed by atoms with Crippen molar-refractivity contribution in [1.29, 1.82) is 0 Å². The van der Waals surface area contributed by atoms with E-state index in [4.69, 9.17) is 16.3 Å². The summed E-state index contributed by atoms with van der Waals surface area (Å²) < 4.78 is 6.63. The molecule has 7 heteroatoms. The summed E-state index contributed by atoms with van der Waals surface area (Å²) in [5.41, 5.74) is 0.799. The van der Waals surface area contributed by atoms with E-state index in [1.165, 1.54) is 0 Å². The van der Waals surface area contributed by atoms with Gasteiger partial charge in [0.15, 0.2) is 0 Å². The van der Waals surface area contributed by atoms with Gasteiger partial charge in [0.05, 0.1) is 22.8 Å². The van der Waals surface area contributed by atoms with Crippen molar-refractivity contribution in [2.45, 2.75) is 0 Å². The SMILES string of the molecule is COc1nc(Nc2ccc(Br)c(Cl)c2)ncc1Br. The van der Waals surface area contributed by atoms with Crippen molar-refractivity contribution in [2.75, 3.05) is 12.4 Å². The molecule has 1 heterocycles. The van der Waals surface area contributed by atoms with Crippen LogP contribution in [0.4, 0.5) is 11.6 Å². The Balaban J connectivity index is 2.25. The third-order valence-corrected chi connectivity index (χ3v) is 3.86. The lowest BCUT2D eigenvalue weighted by molar-refractivity contribution is 0.394. The molecule has 0 atom stereocenters. The molecule has 0 fully saturated rings. The van der Waals surface area contributed by atoms with Crippen LogP contribution in [0.1, 0.15) is 0 Å². The second-order valence-electron chi connectivity index (χ2n) is 3.30. The Kier molecular flexibility index (Phi) is 4.42. The second kappa shape index (κ2) is 5.86. The molecule has 2 aromatic rings. The fraction of sp³-hybridized carbons (Fsp3) is 0.0909. The standard InChI is InChI=1S/C11H8Br2ClN3O/c1-18-10-8(13)5-15-11(17-10)16-6-2-3-7(12)9(14)4-6/h2-5H,1H3,(H,15,16,17). The van der Waals surface area contributed by atoms with Crippen molar-refractivity contribution in [3.8, 4) is 5.88 Å². The molecule has 1 aromatic carbocycles. The summed E-state index contributed by atoms with van der Waals surface area (Å²) in [6, 6.07) is 5.50. The molecule has 94 valence electrons. The van der Waals surface area contributed by atoms with Crippen LogP contribution < -0.4 is 10.1 Å². The lowest BCUT2D eigenvalue weighted by atomic mass is 10.3. The Morgan fingerprint density at radius 2 is 2.06 bits per heavy atom. The quantitative estimate of drug-likeness (QED) is 0.839. The number of hydrogen-bond donors (Lipinski definition) is 1. The summed E-state index contributed by atoms with van der Waals surface area (Å²) in [6.45, 7) is 0. The minimum atomic E-state index is 0.438. The van der Waals surface area contributed by atoms with E-state index in [0.717, 1.165) is 10.2 Å². The molecule has 0 spiro atoms. The van der Waals surface area contributed by atoms with Crippen LogP contribution in [-0.4, -0.2) is 17.1 Å². The smallest absolute Gasteiger partial charge is 0.232 e. The molecular formula is C11H8Br2ClN3O. The van der Waals surface area contributed by atoms with Gasteiger partial charge in [-0.3, -0.25) is 0 Å². The molecule has 0 unspecified atom stereocenters. The summed E-state index contributed by atoms with van der Waals surface area (Å²) in [6.07, 6.45) is 1.62. The Morgan fingerprint density at radius 3 is 2.72 bits per heavy atom. The van der Waals surface area contributed by atoms with Crippen LogP contribution >= 0.6 is 43.5 Å². The molecule has 0 amide bonds. The zero-order chi connectivity index (χ0) is 13.1. The van der Waals surface area contributed by atoms with Gasteiger partial charge < -0.3 is 10.1 Å². The number of rotatable bonds is 3. The maximum atomic E-state index is 6.00. The highest BCUT2D eigenvalue weighted by Gasteiger charge is 2.06. The average Bonchev–Trinajstić information content (AvgIpc) is 2.36. The van der Waals surface area contributed by atoms with Crippen LogP contribution in [0, 0.1) is 0 Å². The molecule has 0 aliphatic rings. The van der Waals surface area contributed by atoms with Crippen LogP contribution in [0.25, 0.3) is 0 Å². The molecule has 0 saturated carbocycles. The van der Waals surface area contributed by atoms with Gasteiger partial charge in [0.2, 0.25) is 11.8 Å². The number of methoxy groups -OCH3 is 1. The molecular weight excluding hydrogens is 385 g/mol. The van der Waals surface area contributed by atoms with Gasteiger partial charge in [-0.2, -0.15) is 4.98 Å². The Labute approximate surface area is 126 Å². The lowest BCUT2D eigenvalue weighted by Gasteiger charge is -2.08. The van der Waals surface area contributed by atoms with Gasteiger partial charge in [0.1, 0.15) is 0 Å². The van der Waals surface area contributed by atoms with Crippen LogP contribution in [0.2, 0.25) is 5.02 Å². The highest BCUT2D eigenvalue weighted by molar-refractivity contribution is 9.10. The zero-order valence-electron chi connectivity index (χ0n) is 9.25. The second-order valence-corrected chi connectivity index (χ2v) is 5.42. The average molecular weight is 393 g/mol. The maximum absolute atomic E-state index is 6.00. The largest absolute Gasteiger partial charge is 0.480 e. The summed E-state index contributed by atoms with van der Waals surface area (Å²) in [5, 5.41) is 3.66. The summed E-state index contributed by atoms with van der Waals surface area (Å²) in [4.78, 5) is 8.32. The van der Waals surface area contributed by atoms with Crippen LogP contribution in [0.15, 0.2) is 33.3 Å². The van der Waals surface area contributed by atoms with Crippen molar-refractivity contribution in [1.82, 2.24) is 9.97 Å². The maximum Gasteiger partial charge on any atom is 0.232 e. The van der Waals surface area contributed by atoms with Gasteiger partial charge in [-0.1, -0.05) is 11.6 Å². The van der Waals surface area contributed by atoms with Crippen LogP contribution in [-0.2, 0) is 0 Å². The number of anilines is 2. The Morgan fingerprint density at radius 1 is 1.28 bits per heavy atom. The van der Waals surface area contributed by atoms with E-state index in [-0.39, 0.29) is 0 Å². The number of halogens is 3. The summed E-state index contributed by atoms with van der Waals surface area (Å²) >= 11 is 12.6. The fourth-order valence-corrected chi connectivity index (χ4v) is 2.04. The minimum absolute atomic E-state index is 0.438. The van der Waals surface area contributed by atoms with Crippen molar-refractivity contribution < 1.29 is 4.74 Å². The molecule has 0 bridgehead atoms. The predicted molar refractivity (Wildman–Crippen MR) is 78.7 cm³/mol. The van der Waals surface area contributed by atoms with E-state index >= 15 is 0 Å². The first kappa shape index (κ1) is 13.6. The van der Waals surface area contributed by atoms with Gasteiger partial charge in [-0.15, -0.1) is 0 Å². The number of nitrogens with one attached hydrogen (secondary N) is 1. The molecule has 1 aromatic heterocycles. The Hall–Kier alpha value is -0.850. The zero-order valence-corrected chi connectivity index (χ0v) is 13.2. The van der Waals surface area contributed by atoms with Crippen molar-refractivity contribution in [3.05, 3.63) is 38.4 Å². The van der Waals surface area contributed by atoms with Crippen molar-refractivity contribution in [3.63, 3.8) is 0 Å². The van der Waals surface area contributed by atoms with Gasteiger partial charge in [0, 0.05) is 10.2 Å². The third kappa shape index (κ3) is 3.13. The predicted octanol–water partition coefficient (Wildman–Crippen LogP) is 4.41. The third-order valence-electron chi connectivity index (χ3n) is 2.08. The number of ether oxygens (including phenoxy) is 1. The first-order chi connectivity index (χ1) is 8.60. The topological polar surface area (TPSA) is 47.0 Å². The summed E-state index contributed by atoms with van der Waals surface area (Å²) in [7, 11) is 1.55. The monoisotopic (exact) mass is 391 g/mol. The molecule has 1 N–H and O–H groups in total. The first-order valence-electron chi connectivity index (χ1n) is 4.89. The number of aromatic nitrogens is 2. The minimum Gasteiger partial charge on any atom is -0.480 e. The molecule has 4 nitrogen and oxygen atoms in total. The van der Waals surface area contributed by atoms with Gasteiger partial charge in [0.25, 0.3) is 0 Å². The van der Waals surface area contributed by atoms with E-state index in [9.17, 15) is 0 Å². The van der Waals surface area contributed by atoms with Crippen molar-refractivity contribution in [2.24, 2.45) is 0 Å². The van der Waals surface area contributed by atoms with E-state index < -0.39 is 0 Å². The van der Waals surface area contributed by atoms with Gasteiger partial charge in [-0.25, -0.2) is 4.98 Å². The normalized spacial score (nSPS) is 10.2. The van der Waals surface area contributed by atoms with E-state index in [0.29, 0.717) is 21.3 Å². The van der Waals surface area contributed by atoms with E-state index in [1.54, 1.807) is 19.4 Å². The number of benzene rings is 1. The lowest BCUT2D eigenvalue weighted by Crippen LogP contribution is -1.99. The fourth-order valence-electron chi connectivity index (χ4n) is 1.26. The molecule has 18 heavy (non-hydrogen) atoms.